The van der Waals surface area contributed by atoms with Crippen molar-refractivity contribution in [3.63, 3.8) is 0 Å². The molecule has 1 saturated heterocycles. The van der Waals surface area contributed by atoms with Gasteiger partial charge in [-0.3, -0.25) is 14.9 Å². The summed E-state index contributed by atoms with van der Waals surface area (Å²) in [5, 5.41) is 2.42. The van der Waals surface area contributed by atoms with Gasteiger partial charge in [0, 0.05) is 11.8 Å². The van der Waals surface area contributed by atoms with Gasteiger partial charge >= 0.3 is 0 Å². The number of amides is 2. The summed E-state index contributed by atoms with van der Waals surface area (Å²) in [6.45, 7) is 0. The Labute approximate surface area is 65.2 Å². The SMILES string of the molecule is O=C1CCCC2(CC2)C(=O)N1. The van der Waals surface area contributed by atoms with Crippen LogP contribution >= 0.6 is 0 Å². The lowest BCUT2D eigenvalue weighted by Crippen LogP contribution is -2.33. The summed E-state index contributed by atoms with van der Waals surface area (Å²) < 4.78 is 0. The highest BCUT2D eigenvalue weighted by molar-refractivity contribution is 6.00. The number of nitrogens with one attached hydrogen (secondary N) is 1. The van der Waals surface area contributed by atoms with E-state index in [2.05, 4.69) is 5.32 Å². The molecule has 0 aromatic carbocycles. The molecule has 0 aromatic heterocycles. The van der Waals surface area contributed by atoms with Crippen LogP contribution in [0.2, 0.25) is 0 Å². The molecule has 2 fully saturated rings. The molecule has 0 atom stereocenters. The smallest absolute Gasteiger partial charge is 0.232 e. The third-order valence-corrected chi connectivity index (χ3v) is 2.65. The van der Waals surface area contributed by atoms with Crippen LogP contribution in [0.5, 0.6) is 0 Å². The van der Waals surface area contributed by atoms with Gasteiger partial charge in [-0.15, -0.1) is 0 Å². The predicted molar refractivity (Wildman–Crippen MR) is 38.7 cm³/mol. The monoisotopic (exact) mass is 153 g/mol. The summed E-state index contributed by atoms with van der Waals surface area (Å²) in [7, 11) is 0. The Morgan fingerprint density at radius 1 is 1.18 bits per heavy atom. The summed E-state index contributed by atoms with van der Waals surface area (Å²) in [5.74, 6) is -0.126. The van der Waals surface area contributed by atoms with Crippen molar-refractivity contribution in [2.24, 2.45) is 5.41 Å². The second-order valence-corrected chi connectivity index (χ2v) is 3.51. The number of carbonyl (C=O) groups is 2. The van der Waals surface area contributed by atoms with E-state index in [4.69, 9.17) is 0 Å². The van der Waals surface area contributed by atoms with Crippen molar-refractivity contribution in [3.05, 3.63) is 0 Å². The summed E-state index contributed by atoms with van der Waals surface area (Å²) in [6, 6.07) is 0. The van der Waals surface area contributed by atoms with E-state index in [1.807, 2.05) is 0 Å². The van der Waals surface area contributed by atoms with Gasteiger partial charge in [-0.05, 0) is 25.7 Å². The molecule has 60 valence electrons. The van der Waals surface area contributed by atoms with Crippen molar-refractivity contribution in [1.82, 2.24) is 5.32 Å². The molecule has 1 saturated carbocycles. The van der Waals surface area contributed by atoms with E-state index in [0.717, 1.165) is 25.7 Å². The zero-order valence-corrected chi connectivity index (χ0v) is 6.35. The second-order valence-electron chi connectivity index (χ2n) is 3.51. The van der Waals surface area contributed by atoms with Gasteiger partial charge < -0.3 is 0 Å². The Bertz CT molecular complexity index is 218. The number of rotatable bonds is 0. The van der Waals surface area contributed by atoms with Crippen LogP contribution in [0, 0.1) is 5.41 Å². The Morgan fingerprint density at radius 3 is 2.55 bits per heavy atom. The van der Waals surface area contributed by atoms with Gasteiger partial charge in [0.1, 0.15) is 0 Å². The van der Waals surface area contributed by atoms with Crippen LogP contribution in [-0.4, -0.2) is 11.8 Å². The molecule has 11 heavy (non-hydrogen) atoms. The van der Waals surface area contributed by atoms with E-state index in [9.17, 15) is 9.59 Å². The van der Waals surface area contributed by atoms with E-state index in [1.54, 1.807) is 0 Å². The van der Waals surface area contributed by atoms with E-state index < -0.39 is 0 Å². The minimum atomic E-state index is -0.119. The molecule has 2 amide bonds. The molecule has 1 N–H and O–H groups in total. The molecule has 1 aliphatic carbocycles. The fourth-order valence-electron chi connectivity index (χ4n) is 1.65. The molecule has 0 unspecified atom stereocenters. The van der Waals surface area contributed by atoms with E-state index in [0.29, 0.717) is 6.42 Å². The molecule has 1 heterocycles. The van der Waals surface area contributed by atoms with Crippen LogP contribution < -0.4 is 5.32 Å². The van der Waals surface area contributed by atoms with Crippen molar-refractivity contribution in [3.8, 4) is 0 Å². The number of imide groups is 1. The first-order valence-electron chi connectivity index (χ1n) is 4.07. The molecule has 3 heteroatoms. The van der Waals surface area contributed by atoms with E-state index in [1.165, 1.54) is 0 Å². The zero-order chi connectivity index (χ0) is 7.90. The topological polar surface area (TPSA) is 46.2 Å². The molecule has 0 radical (unpaired) electrons. The summed E-state index contributed by atoms with van der Waals surface area (Å²) in [4.78, 5) is 22.2. The van der Waals surface area contributed by atoms with Gasteiger partial charge in [0.2, 0.25) is 11.8 Å². The van der Waals surface area contributed by atoms with Crippen LogP contribution in [0.15, 0.2) is 0 Å². The second kappa shape index (κ2) is 2.06. The first kappa shape index (κ1) is 6.83. The molecule has 0 bridgehead atoms. The average molecular weight is 153 g/mol. The van der Waals surface area contributed by atoms with Crippen molar-refractivity contribution < 1.29 is 9.59 Å². The highest BCUT2D eigenvalue weighted by Gasteiger charge is 2.50. The quantitative estimate of drug-likeness (QED) is 0.518. The Balaban J connectivity index is 2.14. The van der Waals surface area contributed by atoms with Gasteiger partial charge in [-0.1, -0.05) is 0 Å². The van der Waals surface area contributed by atoms with Gasteiger partial charge in [-0.2, -0.15) is 0 Å². The standard InChI is InChI=1S/C8H11NO2/c10-6-2-1-3-8(4-5-8)7(11)9-6/h1-5H2,(H,9,10,11). The first-order valence-corrected chi connectivity index (χ1v) is 4.07. The molecule has 0 aromatic rings. The molecular weight excluding hydrogens is 142 g/mol. The van der Waals surface area contributed by atoms with E-state index in [-0.39, 0.29) is 17.2 Å². The fourth-order valence-corrected chi connectivity index (χ4v) is 1.65. The lowest BCUT2D eigenvalue weighted by molar-refractivity contribution is -0.132. The maximum absolute atomic E-state index is 11.3. The van der Waals surface area contributed by atoms with Crippen molar-refractivity contribution in [2.45, 2.75) is 32.1 Å². The number of carbonyl (C=O) groups excluding carboxylic acids is 2. The van der Waals surface area contributed by atoms with Crippen LogP contribution in [0.3, 0.4) is 0 Å². The molecular formula is C8H11NO2. The minimum absolute atomic E-state index is 0.0278. The van der Waals surface area contributed by atoms with Crippen LogP contribution in [0.4, 0.5) is 0 Å². The average Bonchev–Trinajstić information content (AvgIpc) is 2.68. The first-order chi connectivity index (χ1) is 5.23. The van der Waals surface area contributed by atoms with Crippen molar-refractivity contribution in [2.75, 3.05) is 0 Å². The van der Waals surface area contributed by atoms with E-state index >= 15 is 0 Å². The third kappa shape index (κ3) is 1.04. The predicted octanol–water partition coefficient (Wildman–Crippen LogP) is 0.593. The highest BCUT2D eigenvalue weighted by Crippen LogP contribution is 2.50. The Hall–Kier alpha value is -0.860. The fraction of sp³-hybridized carbons (Fsp3) is 0.750. The minimum Gasteiger partial charge on any atom is -0.296 e. The van der Waals surface area contributed by atoms with Crippen LogP contribution in [-0.2, 0) is 9.59 Å². The molecule has 3 nitrogen and oxygen atoms in total. The van der Waals surface area contributed by atoms with Gasteiger partial charge in [0.05, 0.1) is 0 Å². The highest BCUT2D eigenvalue weighted by atomic mass is 16.2. The molecule has 2 rings (SSSR count). The van der Waals surface area contributed by atoms with Crippen LogP contribution in [0.25, 0.3) is 0 Å². The number of hydrogen-bond donors (Lipinski definition) is 1. The third-order valence-electron chi connectivity index (χ3n) is 2.65. The Morgan fingerprint density at radius 2 is 1.91 bits per heavy atom. The largest absolute Gasteiger partial charge is 0.296 e. The molecule has 2 aliphatic rings. The summed E-state index contributed by atoms with van der Waals surface area (Å²) in [6.07, 6.45) is 4.26. The van der Waals surface area contributed by atoms with Crippen molar-refractivity contribution >= 4 is 11.8 Å². The number of hydrogen-bond acceptors (Lipinski definition) is 2. The zero-order valence-electron chi connectivity index (χ0n) is 6.35. The lowest BCUT2D eigenvalue weighted by Gasteiger charge is -2.07. The lowest BCUT2D eigenvalue weighted by atomic mass is 10.0. The van der Waals surface area contributed by atoms with Gasteiger partial charge in [0.15, 0.2) is 0 Å². The Kier molecular flexibility index (Phi) is 1.28. The maximum Gasteiger partial charge on any atom is 0.232 e. The van der Waals surface area contributed by atoms with Gasteiger partial charge in [0.25, 0.3) is 0 Å². The normalized spacial score (nSPS) is 28.0. The molecule has 1 spiro atoms. The maximum atomic E-state index is 11.3. The van der Waals surface area contributed by atoms with Crippen molar-refractivity contribution in [1.29, 1.82) is 0 Å². The summed E-state index contributed by atoms with van der Waals surface area (Å²) >= 11 is 0. The molecule has 1 aliphatic heterocycles. The summed E-state index contributed by atoms with van der Waals surface area (Å²) in [5.41, 5.74) is -0.119. The van der Waals surface area contributed by atoms with Gasteiger partial charge in [-0.25, -0.2) is 0 Å². The van der Waals surface area contributed by atoms with Crippen LogP contribution in [0.1, 0.15) is 32.1 Å².